The van der Waals surface area contributed by atoms with Gasteiger partial charge >= 0.3 is 0 Å². The molecule has 0 bridgehead atoms. The number of para-hydroxylation sites is 2. The summed E-state index contributed by atoms with van der Waals surface area (Å²) in [6, 6.07) is 16.8. The molecule has 0 saturated carbocycles. The highest BCUT2D eigenvalue weighted by Gasteiger charge is 2.25. The second-order valence-corrected chi connectivity index (χ2v) is 5.22. The van der Waals surface area contributed by atoms with E-state index >= 15 is 0 Å². The lowest BCUT2D eigenvalue weighted by Crippen LogP contribution is -2.10. The fourth-order valence-electron chi connectivity index (χ4n) is 2.91. The van der Waals surface area contributed by atoms with Crippen LogP contribution in [0.5, 0.6) is 11.5 Å². The van der Waals surface area contributed by atoms with E-state index in [1.165, 1.54) is 17.5 Å². The van der Waals surface area contributed by atoms with Gasteiger partial charge in [0.15, 0.2) is 0 Å². The Bertz CT molecular complexity index is 532. The first-order valence-electron chi connectivity index (χ1n) is 7.25. The summed E-state index contributed by atoms with van der Waals surface area (Å²) in [7, 11) is 1.76. The lowest BCUT2D eigenvalue weighted by atomic mass is 9.84. The summed E-state index contributed by atoms with van der Waals surface area (Å²) in [5.41, 5.74) is 2.62. The second-order valence-electron chi connectivity index (χ2n) is 5.22. The normalized spacial score (nSPS) is 13.4. The topological polar surface area (TPSA) is 18.5 Å². The van der Waals surface area contributed by atoms with Gasteiger partial charge in [-0.15, -0.1) is 0 Å². The van der Waals surface area contributed by atoms with Crippen LogP contribution in [-0.4, -0.2) is 13.7 Å². The predicted molar refractivity (Wildman–Crippen MR) is 80.5 cm³/mol. The van der Waals surface area contributed by atoms with Gasteiger partial charge in [0.2, 0.25) is 0 Å². The van der Waals surface area contributed by atoms with E-state index < -0.39 is 0 Å². The first-order valence-corrected chi connectivity index (χ1v) is 7.25. The number of unbranched alkanes of at least 4 members (excludes halogenated alkanes) is 1. The number of ether oxygens (including phenoxy) is 2. The van der Waals surface area contributed by atoms with E-state index in [9.17, 15) is 0 Å². The van der Waals surface area contributed by atoms with E-state index in [1.54, 1.807) is 7.11 Å². The van der Waals surface area contributed by atoms with E-state index in [0.29, 0.717) is 5.92 Å². The van der Waals surface area contributed by atoms with E-state index in [1.807, 2.05) is 12.1 Å². The molecular formula is C18H20O2. The Balaban J connectivity index is 1.87. The van der Waals surface area contributed by atoms with Gasteiger partial charge in [-0.3, -0.25) is 0 Å². The van der Waals surface area contributed by atoms with Crippen molar-refractivity contribution < 1.29 is 9.47 Å². The molecule has 0 N–H and O–H groups in total. The summed E-state index contributed by atoms with van der Waals surface area (Å²) < 4.78 is 11.2. The average molecular weight is 268 g/mol. The summed E-state index contributed by atoms with van der Waals surface area (Å²) in [5, 5.41) is 0. The minimum atomic E-state index is 0.438. The lowest BCUT2D eigenvalue weighted by Gasteiger charge is -2.28. The Morgan fingerprint density at radius 2 is 1.50 bits per heavy atom. The summed E-state index contributed by atoms with van der Waals surface area (Å²) in [4.78, 5) is 0. The van der Waals surface area contributed by atoms with E-state index in [4.69, 9.17) is 9.47 Å². The van der Waals surface area contributed by atoms with Crippen LogP contribution in [0.4, 0.5) is 0 Å². The van der Waals surface area contributed by atoms with Crippen LogP contribution in [0.1, 0.15) is 36.3 Å². The molecule has 2 aromatic rings. The Kier molecular flexibility index (Phi) is 4.03. The minimum Gasteiger partial charge on any atom is -0.457 e. The van der Waals surface area contributed by atoms with Crippen molar-refractivity contribution in [2.24, 2.45) is 0 Å². The number of benzene rings is 2. The van der Waals surface area contributed by atoms with Crippen LogP contribution < -0.4 is 4.74 Å². The number of hydrogen-bond donors (Lipinski definition) is 0. The number of fused-ring (bicyclic) bond motifs is 2. The molecular weight excluding hydrogens is 248 g/mol. The van der Waals surface area contributed by atoms with E-state index in [0.717, 1.165) is 30.9 Å². The van der Waals surface area contributed by atoms with Gasteiger partial charge in [-0.25, -0.2) is 0 Å². The molecule has 0 aliphatic carbocycles. The van der Waals surface area contributed by atoms with Crippen LogP contribution in [0.3, 0.4) is 0 Å². The smallest absolute Gasteiger partial charge is 0.131 e. The highest BCUT2D eigenvalue weighted by Crippen LogP contribution is 2.45. The minimum absolute atomic E-state index is 0.438. The van der Waals surface area contributed by atoms with Gasteiger partial charge in [-0.2, -0.15) is 0 Å². The fourth-order valence-corrected chi connectivity index (χ4v) is 2.91. The number of rotatable bonds is 5. The van der Waals surface area contributed by atoms with Gasteiger partial charge in [-0.1, -0.05) is 42.8 Å². The van der Waals surface area contributed by atoms with Crippen LogP contribution >= 0.6 is 0 Å². The largest absolute Gasteiger partial charge is 0.457 e. The van der Waals surface area contributed by atoms with Gasteiger partial charge in [0.05, 0.1) is 0 Å². The zero-order valence-corrected chi connectivity index (χ0v) is 11.8. The van der Waals surface area contributed by atoms with Crippen molar-refractivity contribution in [1.82, 2.24) is 0 Å². The van der Waals surface area contributed by atoms with Crippen molar-refractivity contribution in [3.63, 3.8) is 0 Å². The maximum atomic E-state index is 6.01. The molecule has 1 heterocycles. The van der Waals surface area contributed by atoms with Crippen LogP contribution in [0.2, 0.25) is 0 Å². The Labute approximate surface area is 120 Å². The molecule has 0 spiro atoms. The van der Waals surface area contributed by atoms with E-state index in [-0.39, 0.29) is 0 Å². The maximum Gasteiger partial charge on any atom is 0.131 e. The molecule has 0 atom stereocenters. The molecule has 20 heavy (non-hydrogen) atoms. The lowest BCUT2D eigenvalue weighted by molar-refractivity contribution is 0.191. The molecule has 0 radical (unpaired) electrons. The molecule has 3 rings (SSSR count). The highest BCUT2D eigenvalue weighted by atomic mass is 16.5. The maximum absolute atomic E-state index is 6.01. The predicted octanol–water partition coefficient (Wildman–Crippen LogP) is 4.74. The molecule has 1 aliphatic rings. The van der Waals surface area contributed by atoms with Crippen LogP contribution in [0.25, 0.3) is 0 Å². The second kappa shape index (κ2) is 6.10. The fraction of sp³-hybridized carbons (Fsp3) is 0.333. The zero-order valence-electron chi connectivity index (χ0n) is 11.8. The number of methoxy groups -OCH3 is 1. The molecule has 0 aromatic heterocycles. The van der Waals surface area contributed by atoms with Crippen LogP contribution in [-0.2, 0) is 4.74 Å². The SMILES string of the molecule is COCCCCC1c2ccccc2Oc2ccccc21. The molecule has 1 aliphatic heterocycles. The molecule has 0 saturated heterocycles. The van der Waals surface area contributed by atoms with Crippen molar-refractivity contribution in [2.75, 3.05) is 13.7 Å². The zero-order chi connectivity index (χ0) is 13.8. The van der Waals surface area contributed by atoms with Crippen LogP contribution in [0, 0.1) is 0 Å². The molecule has 2 heteroatoms. The van der Waals surface area contributed by atoms with Crippen molar-refractivity contribution in [2.45, 2.75) is 25.2 Å². The quantitative estimate of drug-likeness (QED) is 0.729. The van der Waals surface area contributed by atoms with Crippen LogP contribution in [0.15, 0.2) is 48.5 Å². The molecule has 2 aromatic carbocycles. The van der Waals surface area contributed by atoms with Crippen molar-refractivity contribution in [3.05, 3.63) is 59.7 Å². The van der Waals surface area contributed by atoms with Gasteiger partial charge in [0.25, 0.3) is 0 Å². The van der Waals surface area contributed by atoms with E-state index in [2.05, 4.69) is 36.4 Å². The van der Waals surface area contributed by atoms with Crippen molar-refractivity contribution in [3.8, 4) is 11.5 Å². The molecule has 0 amide bonds. The molecule has 0 unspecified atom stereocenters. The summed E-state index contributed by atoms with van der Waals surface area (Å²) in [6.45, 7) is 0.840. The third-order valence-corrected chi connectivity index (χ3v) is 3.90. The standard InChI is InChI=1S/C18H20O2/c1-19-13-7-6-8-14-15-9-2-4-11-17(15)20-18-12-5-3-10-16(14)18/h2-5,9-12,14H,6-8,13H2,1H3. The third kappa shape index (κ3) is 2.56. The first kappa shape index (κ1) is 13.2. The summed E-state index contributed by atoms with van der Waals surface area (Å²) >= 11 is 0. The Morgan fingerprint density at radius 3 is 2.10 bits per heavy atom. The third-order valence-electron chi connectivity index (χ3n) is 3.90. The average Bonchev–Trinajstić information content (AvgIpc) is 2.50. The molecule has 2 nitrogen and oxygen atoms in total. The highest BCUT2D eigenvalue weighted by molar-refractivity contribution is 5.53. The van der Waals surface area contributed by atoms with Gasteiger partial charge in [-0.05, 0) is 25.0 Å². The molecule has 0 fully saturated rings. The van der Waals surface area contributed by atoms with Crippen molar-refractivity contribution >= 4 is 0 Å². The Morgan fingerprint density at radius 1 is 0.900 bits per heavy atom. The number of hydrogen-bond acceptors (Lipinski definition) is 2. The Hall–Kier alpha value is -1.80. The first-order chi connectivity index (χ1) is 9.90. The van der Waals surface area contributed by atoms with Crippen molar-refractivity contribution in [1.29, 1.82) is 0 Å². The summed E-state index contributed by atoms with van der Waals surface area (Å²) in [6.07, 6.45) is 3.42. The van der Waals surface area contributed by atoms with Gasteiger partial charge in [0.1, 0.15) is 11.5 Å². The molecule has 104 valence electrons. The van der Waals surface area contributed by atoms with Gasteiger partial charge < -0.3 is 9.47 Å². The monoisotopic (exact) mass is 268 g/mol. The summed E-state index contributed by atoms with van der Waals surface area (Å²) in [5.74, 6) is 2.44. The van der Waals surface area contributed by atoms with Gasteiger partial charge in [0, 0.05) is 30.8 Å².